The highest BCUT2D eigenvalue weighted by Crippen LogP contribution is 2.44. The van der Waals surface area contributed by atoms with Crippen molar-refractivity contribution in [2.75, 3.05) is 19.0 Å². The number of phenolic OH excluding ortho intramolecular Hbond substituents is 1. The number of hydrogen-bond acceptors (Lipinski definition) is 6. The van der Waals surface area contributed by atoms with Gasteiger partial charge in [0.15, 0.2) is 5.82 Å². The Morgan fingerprint density at radius 1 is 1.20 bits per heavy atom. The predicted molar refractivity (Wildman–Crippen MR) is 117 cm³/mol. The van der Waals surface area contributed by atoms with Gasteiger partial charge < -0.3 is 14.6 Å². The molecule has 2 saturated heterocycles. The Morgan fingerprint density at radius 3 is 2.73 bits per heavy atom. The van der Waals surface area contributed by atoms with Gasteiger partial charge in [-0.2, -0.15) is 0 Å². The predicted octanol–water partition coefficient (Wildman–Crippen LogP) is 3.49. The number of nitrogens with zero attached hydrogens (tertiary/aromatic N) is 6. The van der Waals surface area contributed by atoms with Crippen LogP contribution in [0.25, 0.3) is 16.9 Å². The number of hydrogen-bond donors (Lipinski definition) is 1. The molecule has 2 aliphatic heterocycles. The Bertz CT molecular complexity index is 1030. The van der Waals surface area contributed by atoms with Crippen molar-refractivity contribution in [1.82, 2.24) is 24.6 Å². The van der Waals surface area contributed by atoms with Crippen molar-refractivity contribution in [3.8, 4) is 22.7 Å². The second-order valence-corrected chi connectivity index (χ2v) is 8.95. The van der Waals surface area contributed by atoms with Gasteiger partial charge in [-0.1, -0.05) is 0 Å². The largest absolute Gasteiger partial charge is 0.507 e. The van der Waals surface area contributed by atoms with Crippen molar-refractivity contribution in [2.45, 2.75) is 50.2 Å². The molecular weight excluding hydrogens is 376 g/mol. The molecule has 0 radical (unpaired) electrons. The molecule has 3 aromatic rings. The molecular formula is C23H28N6O. The SMILES string of the molecule is CN(c1ccc(-c2ccc(-n3ccnc3)cc2O)nn1)[C@@H]1CC2CC[C@@](C)(C1)N2C. The lowest BCUT2D eigenvalue weighted by Crippen LogP contribution is -2.54. The molecule has 4 heterocycles. The zero-order chi connectivity index (χ0) is 20.9. The molecule has 2 fully saturated rings. The van der Waals surface area contributed by atoms with Gasteiger partial charge in [0.1, 0.15) is 5.75 Å². The summed E-state index contributed by atoms with van der Waals surface area (Å²) in [6.07, 6.45) is 10.1. The van der Waals surface area contributed by atoms with E-state index in [2.05, 4.69) is 46.0 Å². The van der Waals surface area contributed by atoms with Crippen molar-refractivity contribution >= 4 is 5.82 Å². The molecule has 2 aliphatic rings. The third-order valence-corrected chi connectivity index (χ3v) is 7.25. The van der Waals surface area contributed by atoms with Crippen LogP contribution in [0, 0.1) is 0 Å². The van der Waals surface area contributed by atoms with Gasteiger partial charge in [-0.3, -0.25) is 4.90 Å². The number of fused-ring (bicyclic) bond motifs is 2. The topological polar surface area (TPSA) is 70.3 Å². The van der Waals surface area contributed by atoms with Crippen LogP contribution in [0.5, 0.6) is 5.75 Å². The number of anilines is 1. The van der Waals surface area contributed by atoms with E-state index in [0.717, 1.165) is 17.9 Å². The number of benzene rings is 1. The maximum absolute atomic E-state index is 10.5. The fourth-order valence-electron chi connectivity index (χ4n) is 5.16. The Kier molecular flexibility index (Phi) is 4.50. The first-order chi connectivity index (χ1) is 14.4. The van der Waals surface area contributed by atoms with E-state index < -0.39 is 0 Å². The van der Waals surface area contributed by atoms with Crippen molar-refractivity contribution in [3.05, 3.63) is 49.1 Å². The molecule has 0 spiro atoms. The summed E-state index contributed by atoms with van der Waals surface area (Å²) in [7, 11) is 4.40. The monoisotopic (exact) mass is 404 g/mol. The lowest BCUT2D eigenvalue weighted by atomic mass is 9.87. The lowest BCUT2D eigenvalue weighted by molar-refractivity contribution is 0.0846. The molecule has 1 N–H and O–H groups in total. The van der Waals surface area contributed by atoms with Gasteiger partial charge in [0.2, 0.25) is 0 Å². The van der Waals surface area contributed by atoms with Crippen LogP contribution >= 0.6 is 0 Å². The van der Waals surface area contributed by atoms with Crippen molar-refractivity contribution in [2.24, 2.45) is 0 Å². The minimum Gasteiger partial charge on any atom is -0.507 e. The molecule has 3 atom stereocenters. The molecule has 0 aliphatic carbocycles. The lowest BCUT2D eigenvalue weighted by Gasteiger charge is -2.46. The summed E-state index contributed by atoms with van der Waals surface area (Å²) in [6.45, 7) is 2.39. The van der Waals surface area contributed by atoms with Crippen LogP contribution in [0.4, 0.5) is 5.82 Å². The third kappa shape index (κ3) is 3.13. The number of aromatic hydroxyl groups is 1. The summed E-state index contributed by atoms with van der Waals surface area (Å²) in [5.41, 5.74) is 2.48. The van der Waals surface area contributed by atoms with E-state index in [0.29, 0.717) is 23.3 Å². The Balaban J connectivity index is 1.35. The highest BCUT2D eigenvalue weighted by Gasteiger charge is 2.47. The first-order valence-electron chi connectivity index (χ1n) is 10.6. The maximum Gasteiger partial charge on any atom is 0.151 e. The maximum atomic E-state index is 10.5. The molecule has 156 valence electrons. The Labute approximate surface area is 177 Å². The standard InChI is InChI=1S/C23H28N6O/c1-23-9-8-16(28(23)3)12-18(14-23)27(2)22-7-6-20(25-26-22)19-5-4-17(13-21(19)30)29-11-10-24-15-29/h4-7,10-11,13,15-16,18,30H,8-9,12,14H2,1-3H3/t16?,18-,23+/m1/s1. The van der Waals surface area contributed by atoms with E-state index in [9.17, 15) is 5.11 Å². The minimum absolute atomic E-state index is 0.177. The van der Waals surface area contributed by atoms with E-state index in [-0.39, 0.29) is 11.3 Å². The van der Waals surface area contributed by atoms with Crippen molar-refractivity contribution in [3.63, 3.8) is 0 Å². The van der Waals surface area contributed by atoms with Gasteiger partial charge in [-0.05, 0) is 63.9 Å². The molecule has 2 bridgehead atoms. The van der Waals surface area contributed by atoms with E-state index in [1.807, 2.05) is 35.0 Å². The third-order valence-electron chi connectivity index (χ3n) is 7.25. The van der Waals surface area contributed by atoms with Gasteiger partial charge in [0.25, 0.3) is 0 Å². The van der Waals surface area contributed by atoms with Gasteiger partial charge in [0, 0.05) is 48.7 Å². The van der Waals surface area contributed by atoms with Crippen molar-refractivity contribution < 1.29 is 5.11 Å². The number of piperidine rings is 1. The van der Waals surface area contributed by atoms with Crippen LogP contribution in [0.1, 0.15) is 32.6 Å². The summed E-state index contributed by atoms with van der Waals surface area (Å²) in [5.74, 6) is 1.06. The fraction of sp³-hybridized carbons (Fsp3) is 0.435. The number of rotatable bonds is 4. The average molecular weight is 405 g/mol. The fourth-order valence-corrected chi connectivity index (χ4v) is 5.16. The quantitative estimate of drug-likeness (QED) is 0.718. The van der Waals surface area contributed by atoms with Crippen LogP contribution in [0.15, 0.2) is 49.1 Å². The molecule has 1 unspecified atom stereocenters. The summed E-state index contributed by atoms with van der Waals surface area (Å²) < 4.78 is 1.85. The second-order valence-electron chi connectivity index (χ2n) is 8.95. The number of phenols is 1. The average Bonchev–Trinajstić information content (AvgIpc) is 3.33. The number of aromatic nitrogens is 4. The van der Waals surface area contributed by atoms with Crippen LogP contribution in [-0.4, -0.2) is 61.5 Å². The van der Waals surface area contributed by atoms with Gasteiger partial charge >= 0.3 is 0 Å². The van der Waals surface area contributed by atoms with E-state index in [4.69, 9.17) is 0 Å². The molecule has 7 heteroatoms. The first kappa shape index (κ1) is 19.1. The molecule has 30 heavy (non-hydrogen) atoms. The summed E-state index contributed by atoms with van der Waals surface area (Å²) in [6, 6.07) is 10.6. The van der Waals surface area contributed by atoms with E-state index in [1.54, 1.807) is 18.6 Å². The summed E-state index contributed by atoms with van der Waals surface area (Å²) >= 11 is 0. The van der Waals surface area contributed by atoms with Crippen LogP contribution in [0.2, 0.25) is 0 Å². The molecule has 0 amide bonds. The van der Waals surface area contributed by atoms with Crippen LogP contribution in [0.3, 0.4) is 0 Å². The zero-order valence-corrected chi connectivity index (χ0v) is 17.7. The summed E-state index contributed by atoms with van der Waals surface area (Å²) in [5, 5.41) is 19.4. The Morgan fingerprint density at radius 2 is 2.07 bits per heavy atom. The van der Waals surface area contributed by atoms with Gasteiger partial charge in [0.05, 0.1) is 17.7 Å². The Hall–Kier alpha value is -2.93. The molecule has 7 nitrogen and oxygen atoms in total. The normalized spacial score (nSPS) is 26.1. The smallest absolute Gasteiger partial charge is 0.151 e. The van der Waals surface area contributed by atoms with Gasteiger partial charge in [-0.15, -0.1) is 10.2 Å². The van der Waals surface area contributed by atoms with Gasteiger partial charge in [-0.25, -0.2) is 4.98 Å². The van der Waals surface area contributed by atoms with E-state index >= 15 is 0 Å². The molecule has 0 saturated carbocycles. The van der Waals surface area contributed by atoms with Crippen LogP contribution < -0.4 is 4.90 Å². The molecule has 2 aromatic heterocycles. The summed E-state index contributed by atoms with van der Waals surface area (Å²) in [4.78, 5) is 8.90. The molecule has 5 rings (SSSR count). The highest BCUT2D eigenvalue weighted by molar-refractivity contribution is 5.69. The van der Waals surface area contributed by atoms with Crippen molar-refractivity contribution in [1.29, 1.82) is 0 Å². The second kappa shape index (κ2) is 7.09. The first-order valence-corrected chi connectivity index (χ1v) is 10.6. The van der Waals surface area contributed by atoms with Crippen LogP contribution in [-0.2, 0) is 0 Å². The molecule has 1 aromatic carbocycles. The highest BCUT2D eigenvalue weighted by atomic mass is 16.3. The minimum atomic E-state index is 0.177. The zero-order valence-electron chi connectivity index (χ0n) is 17.7. The van der Waals surface area contributed by atoms with E-state index in [1.165, 1.54) is 19.3 Å². The number of imidazole rings is 1.